The van der Waals surface area contributed by atoms with E-state index in [1.807, 2.05) is 36.4 Å². The van der Waals surface area contributed by atoms with Crippen molar-refractivity contribution in [1.29, 1.82) is 0 Å². The molecule has 124 valence electrons. The molecular weight excluding hydrogens is 290 g/mol. The molecule has 0 unspecified atom stereocenters. The number of ether oxygens (including phenoxy) is 2. The average molecular weight is 315 g/mol. The third kappa shape index (κ3) is 4.02. The van der Waals surface area contributed by atoms with E-state index in [2.05, 4.69) is 19.2 Å². The van der Waals surface area contributed by atoms with Gasteiger partial charge in [-0.15, -0.1) is 0 Å². The van der Waals surface area contributed by atoms with Crippen LogP contribution >= 0.6 is 0 Å². The molecule has 0 aliphatic carbocycles. The standard InChI is InChI=1S/C19H25NO3/c1-13(2)12-23-17-11-10-16(14-8-6-7-9-15(14)17)20-18(21)19(3,4)22-5/h6-11,13H,12H2,1-5H3,(H,20,21). The van der Waals surface area contributed by atoms with Gasteiger partial charge in [-0.3, -0.25) is 4.79 Å². The van der Waals surface area contributed by atoms with Crippen molar-refractivity contribution in [2.45, 2.75) is 33.3 Å². The van der Waals surface area contributed by atoms with E-state index in [1.54, 1.807) is 13.8 Å². The number of benzene rings is 2. The third-order valence-corrected chi connectivity index (χ3v) is 3.76. The monoisotopic (exact) mass is 315 g/mol. The number of fused-ring (bicyclic) bond motifs is 1. The van der Waals surface area contributed by atoms with Gasteiger partial charge in [-0.25, -0.2) is 0 Å². The average Bonchev–Trinajstić information content (AvgIpc) is 2.53. The lowest BCUT2D eigenvalue weighted by atomic mass is 10.1. The van der Waals surface area contributed by atoms with Crippen LogP contribution in [0.15, 0.2) is 36.4 Å². The molecule has 0 saturated heterocycles. The molecule has 4 heteroatoms. The van der Waals surface area contributed by atoms with Crippen LogP contribution in [-0.4, -0.2) is 25.2 Å². The van der Waals surface area contributed by atoms with Gasteiger partial charge in [0.15, 0.2) is 0 Å². The summed E-state index contributed by atoms with van der Waals surface area (Å²) in [5.41, 5.74) is -0.124. The number of hydrogen-bond donors (Lipinski definition) is 1. The predicted molar refractivity (Wildman–Crippen MR) is 94.0 cm³/mol. The molecule has 0 bridgehead atoms. The number of amides is 1. The van der Waals surface area contributed by atoms with E-state index in [-0.39, 0.29) is 5.91 Å². The molecule has 0 spiro atoms. The minimum Gasteiger partial charge on any atom is -0.493 e. The largest absolute Gasteiger partial charge is 0.493 e. The number of anilines is 1. The minimum atomic E-state index is -0.881. The molecular formula is C19H25NO3. The van der Waals surface area contributed by atoms with Crippen molar-refractivity contribution in [1.82, 2.24) is 0 Å². The fraction of sp³-hybridized carbons (Fsp3) is 0.421. The Morgan fingerprint density at radius 3 is 2.39 bits per heavy atom. The molecule has 0 aliphatic heterocycles. The first-order valence-corrected chi connectivity index (χ1v) is 7.86. The van der Waals surface area contributed by atoms with Crippen molar-refractivity contribution in [3.05, 3.63) is 36.4 Å². The van der Waals surface area contributed by atoms with E-state index in [9.17, 15) is 4.79 Å². The Kier molecular flexibility index (Phi) is 5.26. The summed E-state index contributed by atoms with van der Waals surface area (Å²) < 4.78 is 11.1. The fourth-order valence-corrected chi connectivity index (χ4v) is 2.13. The number of methoxy groups -OCH3 is 1. The maximum atomic E-state index is 12.3. The van der Waals surface area contributed by atoms with Gasteiger partial charge in [-0.05, 0) is 31.9 Å². The molecule has 0 fully saturated rings. The smallest absolute Gasteiger partial charge is 0.256 e. The Bertz CT molecular complexity index is 692. The van der Waals surface area contributed by atoms with Crippen LogP contribution < -0.4 is 10.1 Å². The highest BCUT2D eigenvalue weighted by Crippen LogP contribution is 2.32. The second-order valence-corrected chi connectivity index (χ2v) is 6.53. The number of hydrogen-bond acceptors (Lipinski definition) is 3. The van der Waals surface area contributed by atoms with E-state index in [0.29, 0.717) is 12.5 Å². The normalized spacial score (nSPS) is 11.7. The van der Waals surface area contributed by atoms with Crippen LogP contribution in [0.1, 0.15) is 27.7 Å². The highest BCUT2D eigenvalue weighted by Gasteiger charge is 2.27. The van der Waals surface area contributed by atoms with Gasteiger partial charge in [0.2, 0.25) is 0 Å². The molecule has 23 heavy (non-hydrogen) atoms. The topological polar surface area (TPSA) is 47.6 Å². The van der Waals surface area contributed by atoms with Crippen LogP contribution in [0, 0.1) is 5.92 Å². The third-order valence-electron chi connectivity index (χ3n) is 3.76. The molecule has 0 atom stereocenters. The van der Waals surface area contributed by atoms with Crippen LogP contribution in [0.25, 0.3) is 10.8 Å². The summed E-state index contributed by atoms with van der Waals surface area (Å²) in [5, 5.41) is 4.89. The summed E-state index contributed by atoms with van der Waals surface area (Å²) in [6.07, 6.45) is 0. The van der Waals surface area contributed by atoms with Crippen molar-refractivity contribution in [3.63, 3.8) is 0 Å². The Balaban J connectivity index is 2.36. The van der Waals surface area contributed by atoms with E-state index in [0.717, 1.165) is 22.2 Å². The number of rotatable bonds is 6. The molecule has 0 aromatic heterocycles. The minimum absolute atomic E-state index is 0.180. The molecule has 4 nitrogen and oxygen atoms in total. The van der Waals surface area contributed by atoms with E-state index in [1.165, 1.54) is 7.11 Å². The van der Waals surface area contributed by atoms with Gasteiger partial charge in [0.05, 0.1) is 6.61 Å². The Labute approximate surface area is 137 Å². The quantitative estimate of drug-likeness (QED) is 0.867. The summed E-state index contributed by atoms with van der Waals surface area (Å²) in [6, 6.07) is 11.7. The van der Waals surface area contributed by atoms with Crippen molar-refractivity contribution < 1.29 is 14.3 Å². The SMILES string of the molecule is COC(C)(C)C(=O)Nc1ccc(OCC(C)C)c2ccccc12. The predicted octanol–water partition coefficient (Wildman–Crippen LogP) is 4.24. The molecule has 0 aliphatic rings. The first-order chi connectivity index (χ1) is 10.8. The molecule has 0 radical (unpaired) electrons. The van der Waals surface area contributed by atoms with Gasteiger partial charge in [-0.2, -0.15) is 0 Å². The zero-order valence-corrected chi connectivity index (χ0v) is 14.5. The number of carbonyl (C=O) groups excluding carboxylic acids is 1. The van der Waals surface area contributed by atoms with Crippen LogP contribution in [-0.2, 0) is 9.53 Å². The second kappa shape index (κ2) is 7.01. The van der Waals surface area contributed by atoms with Gasteiger partial charge in [0, 0.05) is 23.6 Å². The van der Waals surface area contributed by atoms with Crippen molar-refractivity contribution in [2.24, 2.45) is 5.92 Å². The lowest BCUT2D eigenvalue weighted by Crippen LogP contribution is -2.38. The lowest BCUT2D eigenvalue weighted by molar-refractivity contribution is -0.133. The summed E-state index contributed by atoms with van der Waals surface area (Å²) >= 11 is 0. The maximum absolute atomic E-state index is 12.3. The summed E-state index contributed by atoms with van der Waals surface area (Å²) in [7, 11) is 1.53. The molecule has 1 amide bonds. The highest BCUT2D eigenvalue weighted by atomic mass is 16.5. The van der Waals surface area contributed by atoms with Crippen LogP contribution in [0.3, 0.4) is 0 Å². The Morgan fingerprint density at radius 1 is 1.13 bits per heavy atom. The van der Waals surface area contributed by atoms with Crippen molar-refractivity contribution >= 4 is 22.4 Å². The number of carbonyl (C=O) groups is 1. The van der Waals surface area contributed by atoms with Crippen LogP contribution in [0.5, 0.6) is 5.75 Å². The first kappa shape index (κ1) is 17.3. The maximum Gasteiger partial charge on any atom is 0.256 e. The van der Waals surface area contributed by atoms with Gasteiger partial charge < -0.3 is 14.8 Å². The van der Waals surface area contributed by atoms with E-state index >= 15 is 0 Å². The fourth-order valence-electron chi connectivity index (χ4n) is 2.13. The van der Waals surface area contributed by atoms with Crippen LogP contribution in [0.2, 0.25) is 0 Å². The molecule has 0 saturated carbocycles. The summed E-state index contributed by atoms with van der Waals surface area (Å²) in [6.45, 7) is 8.37. The Morgan fingerprint density at radius 2 is 1.78 bits per heavy atom. The van der Waals surface area contributed by atoms with Gasteiger partial charge in [-0.1, -0.05) is 38.1 Å². The lowest BCUT2D eigenvalue weighted by Gasteiger charge is -2.22. The molecule has 2 rings (SSSR count). The highest BCUT2D eigenvalue weighted by molar-refractivity contribution is 6.06. The van der Waals surface area contributed by atoms with Crippen LogP contribution in [0.4, 0.5) is 5.69 Å². The molecule has 1 N–H and O–H groups in total. The van der Waals surface area contributed by atoms with Crippen molar-refractivity contribution in [3.8, 4) is 5.75 Å². The summed E-state index contributed by atoms with van der Waals surface area (Å²) in [4.78, 5) is 12.3. The number of nitrogens with one attached hydrogen (secondary N) is 1. The zero-order valence-electron chi connectivity index (χ0n) is 14.5. The van der Waals surface area contributed by atoms with Gasteiger partial charge in [0.25, 0.3) is 5.91 Å². The molecule has 2 aromatic carbocycles. The molecule has 2 aromatic rings. The molecule has 0 heterocycles. The zero-order chi connectivity index (χ0) is 17.0. The first-order valence-electron chi connectivity index (χ1n) is 7.86. The second-order valence-electron chi connectivity index (χ2n) is 6.53. The van der Waals surface area contributed by atoms with Gasteiger partial charge >= 0.3 is 0 Å². The van der Waals surface area contributed by atoms with Gasteiger partial charge in [0.1, 0.15) is 11.4 Å². The van der Waals surface area contributed by atoms with E-state index in [4.69, 9.17) is 9.47 Å². The Hall–Kier alpha value is -2.07. The van der Waals surface area contributed by atoms with Crippen molar-refractivity contribution in [2.75, 3.05) is 19.0 Å². The summed E-state index contributed by atoms with van der Waals surface area (Å²) in [5.74, 6) is 1.11. The van der Waals surface area contributed by atoms with E-state index < -0.39 is 5.60 Å².